The minimum atomic E-state index is -2.58. The Balaban J connectivity index is 1.83. The number of anilines is 1. The molecule has 1 fully saturated rings. The van der Waals surface area contributed by atoms with Gasteiger partial charge in [0.05, 0.1) is 5.69 Å². The molecule has 2 unspecified atom stereocenters. The van der Waals surface area contributed by atoms with Crippen LogP contribution in [0.3, 0.4) is 0 Å². The van der Waals surface area contributed by atoms with Crippen LogP contribution in [0.1, 0.15) is 29.9 Å². The summed E-state index contributed by atoms with van der Waals surface area (Å²) in [7, 11) is 0. The highest BCUT2D eigenvalue weighted by molar-refractivity contribution is 5.98. The number of amides is 1. The van der Waals surface area contributed by atoms with Crippen molar-refractivity contribution in [1.82, 2.24) is 5.32 Å². The molecule has 1 aliphatic carbocycles. The molecule has 2 heterocycles. The summed E-state index contributed by atoms with van der Waals surface area (Å²) >= 11 is 0. The number of carbonyl (C=O) groups is 1. The van der Waals surface area contributed by atoms with Crippen molar-refractivity contribution < 1.29 is 13.6 Å². The maximum atomic E-state index is 13.4. The Kier molecular flexibility index (Phi) is 2.46. The van der Waals surface area contributed by atoms with Gasteiger partial charge in [0.1, 0.15) is 0 Å². The second-order valence-corrected chi connectivity index (χ2v) is 5.96. The third-order valence-electron chi connectivity index (χ3n) is 4.70. The molecule has 5 heteroatoms. The topological polar surface area (TPSA) is 32.3 Å². The molecule has 0 radical (unpaired) electrons. The summed E-state index contributed by atoms with van der Waals surface area (Å²) in [6.45, 7) is 2.06. The fraction of sp³-hybridized carbons (Fsp3) is 0.533. The SMILES string of the molecule is O=C1CC(C2CC2(F)F)c2cccc3c2N1CCNC3. The summed E-state index contributed by atoms with van der Waals surface area (Å²) in [5.74, 6) is -3.57. The van der Waals surface area contributed by atoms with E-state index in [0.717, 1.165) is 23.4 Å². The van der Waals surface area contributed by atoms with Gasteiger partial charge in [0.2, 0.25) is 5.91 Å². The van der Waals surface area contributed by atoms with Crippen LogP contribution in [-0.2, 0) is 11.3 Å². The van der Waals surface area contributed by atoms with Gasteiger partial charge in [-0.3, -0.25) is 4.79 Å². The van der Waals surface area contributed by atoms with Gasteiger partial charge in [-0.05, 0) is 11.1 Å². The van der Waals surface area contributed by atoms with Crippen LogP contribution in [-0.4, -0.2) is 24.9 Å². The van der Waals surface area contributed by atoms with Gasteiger partial charge in [-0.2, -0.15) is 0 Å². The molecule has 0 saturated heterocycles. The second kappa shape index (κ2) is 4.01. The van der Waals surface area contributed by atoms with Crippen molar-refractivity contribution in [1.29, 1.82) is 0 Å². The molecule has 0 spiro atoms. The molecule has 2 aliphatic heterocycles. The van der Waals surface area contributed by atoms with E-state index >= 15 is 0 Å². The number of hydrogen-bond acceptors (Lipinski definition) is 2. The number of benzene rings is 1. The molecular formula is C15H16F2N2O. The summed E-state index contributed by atoms with van der Waals surface area (Å²) in [6.07, 6.45) is 0.142. The standard InChI is InChI=1S/C15H16F2N2O/c16-15(17)7-12(15)11-6-13(20)19-5-4-18-8-9-2-1-3-10(11)14(9)19/h1-3,11-12,18H,4-8H2. The molecule has 2 atom stereocenters. The molecule has 106 valence electrons. The summed E-state index contributed by atoms with van der Waals surface area (Å²) in [5, 5.41) is 3.28. The van der Waals surface area contributed by atoms with Gasteiger partial charge in [-0.25, -0.2) is 8.78 Å². The van der Waals surface area contributed by atoms with Crippen LogP contribution in [0.4, 0.5) is 14.5 Å². The van der Waals surface area contributed by atoms with Crippen LogP contribution in [0.5, 0.6) is 0 Å². The van der Waals surface area contributed by atoms with E-state index in [2.05, 4.69) is 5.32 Å². The number of nitrogens with one attached hydrogen (secondary N) is 1. The van der Waals surface area contributed by atoms with Gasteiger partial charge in [0, 0.05) is 44.3 Å². The molecule has 0 bridgehead atoms. The average Bonchev–Trinajstić information content (AvgIpc) is 3.10. The van der Waals surface area contributed by atoms with E-state index < -0.39 is 11.8 Å². The number of nitrogens with zero attached hydrogens (tertiary/aromatic N) is 1. The summed E-state index contributed by atoms with van der Waals surface area (Å²) < 4.78 is 26.9. The lowest BCUT2D eigenvalue weighted by molar-refractivity contribution is -0.119. The lowest BCUT2D eigenvalue weighted by Crippen LogP contribution is -2.39. The normalized spacial score (nSPS) is 30.7. The Morgan fingerprint density at radius 1 is 1.35 bits per heavy atom. The van der Waals surface area contributed by atoms with Gasteiger partial charge in [0.15, 0.2) is 0 Å². The first-order valence-corrected chi connectivity index (χ1v) is 7.08. The van der Waals surface area contributed by atoms with Gasteiger partial charge in [-0.15, -0.1) is 0 Å². The first kappa shape index (κ1) is 12.3. The lowest BCUT2D eigenvalue weighted by atomic mass is 9.84. The van der Waals surface area contributed by atoms with Crippen molar-refractivity contribution >= 4 is 11.6 Å². The maximum absolute atomic E-state index is 13.4. The first-order valence-electron chi connectivity index (χ1n) is 7.08. The van der Waals surface area contributed by atoms with Crippen LogP contribution in [0.2, 0.25) is 0 Å². The highest BCUT2D eigenvalue weighted by Crippen LogP contribution is 2.59. The molecular weight excluding hydrogens is 262 g/mol. The number of carbonyl (C=O) groups excluding carboxylic acids is 1. The van der Waals surface area contributed by atoms with Crippen molar-refractivity contribution in [2.45, 2.75) is 31.2 Å². The molecule has 1 aromatic carbocycles. The Hall–Kier alpha value is -1.49. The third kappa shape index (κ3) is 1.69. The second-order valence-electron chi connectivity index (χ2n) is 5.96. The monoisotopic (exact) mass is 278 g/mol. The summed E-state index contributed by atoms with van der Waals surface area (Å²) in [4.78, 5) is 14.1. The molecule has 4 rings (SSSR count). The van der Waals surface area contributed by atoms with E-state index in [1.165, 1.54) is 0 Å². The molecule has 20 heavy (non-hydrogen) atoms. The van der Waals surface area contributed by atoms with Crippen molar-refractivity contribution in [3.63, 3.8) is 0 Å². The van der Waals surface area contributed by atoms with Gasteiger partial charge < -0.3 is 10.2 Å². The minimum Gasteiger partial charge on any atom is -0.311 e. The van der Waals surface area contributed by atoms with E-state index in [9.17, 15) is 13.6 Å². The molecule has 1 saturated carbocycles. The largest absolute Gasteiger partial charge is 0.311 e. The lowest BCUT2D eigenvalue weighted by Gasteiger charge is -2.34. The molecule has 1 aromatic rings. The van der Waals surface area contributed by atoms with Crippen molar-refractivity contribution in [2.75, 3.05) is 18.0 Å². The molecule has 3 nitrogen and oxygen atoms in total. The van der Waals surface area contributed by atoms with Crippen molar-refractivity contribution in [3.05, 3.63) is 29.3 Å². The van der Waals surface area contributed by atoms with Crippen LogP contribution in [0, 0.1) is 5.92 Å². The highest BCUT2D eigenvalue weighted by Gasteiger charge is 2.61. The maximum Gasteiger partial charge on any atom is 0.252 e. The number of rotatable bonds is 1. The Bertz CT molecular complexity index is 587. The Morgan fingerprint density at radius 3 is 2.90 bits per heavy atom. The van der Waals surface area contributed by atoms with Crippen LogP contribution in [0.25, 0.3) is 0 Å². The fourth-order valence-corrected chi connectivity index (χ4v) is 3.60. The van der Waals surface area contributed by atoms with Crippen molar-refractivity contribution in [2.24, 2.45) is 5.92 Å². The predicted octanol–water partition coefficient (Wildman–Crippen LogP) is 2.27. The number of halogens is 2. The quantitative estimate of drug-likeness (QED) is 0.854. The molecule has 1 N–H and O–H groups in total. The zero-order valence-electron chi connectivity index (χ0n) is 11.0. The van der Waals surface area contributed by atoms with E-state index in [1.807, 2.05) is 18.2 Å². The van der Waals surface area contributed by atoms with E-state index in [0.29, 0.717) is 13.1 Å². The number of hydrogen-bond donors (Lipinski definition) is 1. The average molecular weight is 278 g/mol. The van der Waals surface area contributed by atoms with Gasteiger partial charge in [-0.1, -0.05) is 18.2 Å². The first-order chi connectivity index (χ1) is 9.58. The fourth-order valence-electron chi connectivity index (χ4n) is 3.60. The summed E-state index contributed by atoms with van der Waals surface area (Å²) in [6, 6.07) is 5.82. The molecule has 3 aliphatic rings. The smallest absolute Gasteiger partial charge is 0.252 e. The van der Waals surface area contributed by atoms with Crippen LogP contribution in [0.15, 0.2) is 18.2 Å². The van der Waals surface area contributed by atoms with E-state index in [-0.39, 0.29) is 24.7 Å². The van der Waals surface area contributed by atoms with Crippen molar-refractivity contribution in [3.8, 4) is 0 Å². The zero-order chi connectivity index (χ0) is 13.9. The van der Waals surface area contributed by atoms with Crippen LogP contribution >= 0.6 is 0 Å². The Morgan fingerprint density at radius 2 is 2.15 bits per heavy atom. The predicted molar refractivity (Wildman–Crippen MR) is 70.9 cm³/mol. The Labute approximate surface area is 116 Å². The zero-order valence-corrected chi connectivity index (χ0v) is 11.0. The minimum absolute atomic E-state index is 0.0126. The third-order valence-corrected chi connectivity index (χ3v) is 4.70. The number of alkyl halides is 2. The van der Waals surface area contributed by atoms with Crippen LogP contribution < -0.4 is 10.2 Å². The van der Waals surface area contributed by atoms with E-state index in [4.69, 9.17) is 0 Å². The summed E-state index contributed by atoms with van der Waals surface area (Å²) in [5.41, 5.74) is 2.87. The highest BCUT2D eigenvalue weighted by atomic mass is 19.3. The van der Waals surface area contributed by atoms with Gasteiger partial charge in [0.25, 0.3) is 5.92 Å². The molecule has 0 aromatic heterocycles. The van der Waals surface area contributed by atoms with Gasteiger partial charge >= 0.3 is 0 Å². The van der Waals surface area contributed by atoms with E-state index in [1.54, 1.807) is 4.90 Å². The number of para-hydroxylation sites is 1. The molecule has 1 amide bonds.